The molecule has 0 aliphatic carbocycles. The summed E-state index contributed by atoms with van der Waals surface area (Å²) in [5.74, 6) is -0.195. The number of carbonyl (C=O) groups excluding carboxylic acids is 1. The van der Waals surface area contributed by atoms with Crippen molar-refractivity contribution in [1.82, 2.24) is 14.9 Å². The van der Waals surface area contributed by atoms with Crippen LogP contribution in [-0.4, -0.2) is 26.8 Å². The average molecular weight is 376 g/mol. The Kier molecular flexibility index (Phi) is 5.10. The van der Waals surface area contributed by atoms with Crippen molar-refractivity contribution in [3.8, 4) is 6.07 Å². The highest BCUT2D eigenvalue weighted by Crippen LogP contribution is 2.26. The molecular weight excluding hydrogens is 352 g/mol. The third-order valence-corrected chi connectivity index (χ3v) is 5.04. The highest BCUT2D eigenvalue weighted by molar-refractivity contribution is 6.08. The Morgan fingerprint density at radius 2 is 1.89 bits per heavy atom. The number of pyridine rings is 1. The topological polar surface area (TPSA) is 92.8 Å². The fourth-order valence-corrected chi connectivity index (χ4v) is 3.56. The van der Waals surface area contributed by atoms with Crippen molar-refractivity contribution in [2.45, 2.75) is 47.2 Å². The second-order valence-corrected chi connectivity index (χ2v) is 7.50. The number of hydrogen-bond donors (Lipinski definition) is 2. The summed E-state index contributed by atoms with van der Waals surface area (Å²) in [6, 6.07) is 7.29. The number of nitrogens with one attached hydrogen (secondary N) is 2. The number of aromatic nitrogens is 2. The van der Waals surface area contributed by atoms with Gasteiger partial charge in [-0.15, -0.1) is 0 Å². The zero-order valence-electron chi connectivity index (χ0n) is 16.8. The molecule has 6 heteroatoms. The third kappa shape index (κ3) is 3.44. The molecule has 0 aliphatic heterocycles. The number of amides is 1. The van der Waals surface area contributed by atoms with Gasteiger partial charge in [-0.1, -0.05) is 0 Å². The number of fused-ring (bicyclic) bond motifs is 1. The molecule has 0 radical (unpaired) electrons. The second-order valence-electron chi connectivity index (χ2n) is 7.50. The van der Waals surface area contributed by atoms with Crippen LogP contribution in [0.2, 0.25) is 0 Å². The molecule has 144 valence electrons. The monoisotopic (exact) mass is 376 g/mol. The van der Waals surface area contributed by atoms with Crippen molar-refractivity contribution in [3.05, 3.63) is 68.3 Å². The quantitative estimate of drug-likeness (QED) is 0.727. The van der Waals surface area contributed by atoms with Crippen molar-refractivity contribution in [3.63, 3.8) is 0 Å². The zero-order chi connectivity index (χ0) is 20.6. The van der Waals surface area contributed by atoms with Crippen LogP contribution in [0.1, 0.15) is 52.2 Å². The van der Waals surface area contributed by atoms with Gasteiger partial charge >= 0.3 is 0 Å². The van der Waals surface area contributed by atoms with Gasteiger partial charge < -0.3 is 14.9 Å². The third-order valence-electron chi connectivity index (χ3n) is 5.04. The first-order chi connectivity index (χ1) is 13.2. The predicted molar refractivity (Wildman–Crippen MR) is 109 cm³/mol. The van der Waals surface area contributed by atoms with Gasteiger partial charge in [-0.3, -0.25) is 9.59 Å². The van der Waals surface area contributed by atoms with Crippen LogP contribution in [0.5, 0.6) is 0 Å². The smallest absolute Gasteiger partial charge is 0.255 e. The van der Waals surface area contributed by atoms with Crippen LogP contribution in [0.4, 0.5) is 0 Å². The summed E-state index contributed by atoms with van der Waals surface area (Å²) in [5.41, 5.74) is 4.64. The number of hydrogen-bond acceptors (Lipinski definition) is 3. The van der Waals surface area contributed by atoms with Gasteiger partial charge in [-0.2, -0.15) is 5.26 Å². The van der Waals surface area contributed by atoms with Crippen molar-refractivity contribution in [1.29, 1.82) is 5.26 Å². The number of carbonyl (C=O) groups is 1. The van der Waals surface area contributed by atoms with Gasteiger partial charge in [-0.05, 0) is 63.9 Å². The van der Waals surface area contributed by atoms with Crippen LogP contribution in [0.25, 0.3) is 10.9 Å². The number of aromatic amines is 2. The molecule has 0 saturated heterocycles. The zero-order valence-corrected chi connectivity index (χ0v) is 16.8. The molecule has 28 heavy (non-hydrogen) atoms. The largest absolute Gasteiger partial charge is 0.361 e. The number of nitrogens with zero attached hydrogens (tertiary/aromatic N) is 2. The Labute approximate surface area is 163 Å². The second kappa shape index (κ2) is 7.35. The summed E-state index contributed by atoms with van der Waals surface area (Å²) in [6.07, 6.45) is 1.83. The SMILES string of the molecule is Cc1cc(C)c(CN(C(=O)c2cc(C#N)cc3[nH]cc(C)c23)C(C)C)c(=O)[nH]1. The van der Waals surface area contributed by atoms with E-state index in [0.717, 1.165) is 27.7 Å². The summed E-state index contributed by atoms with van der Waals surface area (Å²) in [4.78, 5) is 33.6. The Morgan fingerprint density at radius 3 is 2.50 bits per heavy atom. The molecular formula is C22H24N4O2. The van der Waals surface area contributed by atoms with E-state index in [1.165, 1.54) is 0 Å². The summed E-state index contributed by atoms with van der Waals surface area (Å²) in [6.45, 7) is 9.69. The molecule has 0 unspecified atom stereocenters. The van der Waals surface area contributed by atoms with E-state index in [1.807, 2.05) is 46.9 Å². The van der Waals surface area contributed by atoms with Crippen LogP contribution in [0.3, 0.4) is 0 Å². The van der Waals surface area contributed by atoms with E-state index >= 15 is 0 Å². The fourth-order valence-electron chi connectivity index (χ4n) is 3.56. The lowest BCUT2D eigenvalue weighted by molar-refractivity contribution is 0.0691. The molecule has 0 aliphatic rings. The highest BCUT2D eigenvalue weighted by atomic mass is 16.2. The van der Waals surface area contributed by atoms with E-state index in [4.69, 9.17) is 0 Å². The highest BCUT2D eigenvalue weighted by Gasteiger charge is 2.24. The van der Waals surface area contributed by atoms with Gasteiger partial charge in [0.2, 0.25) is 0 Å². The molecule has 2 aromatic heterocycles. The van der Waals surface area contributed by atoms with Gasteiger partial charge in [0, 0.05) is 34.4 Å². The van der Waals surface area contributed by atoms with E-state index in [-0.39, 0.29) is 24.1 Å². The Morgan fingerprint density at radius 1 is 1.18 bits per heavy atom. The maximum Gasteiger partial charge on any atom is 0.255 e. The van der Waals surface area contributed by atoms with E-state index in [1.54, 1.807) is 17.0 Å². The van der Waals surface area contributed by atoms with Crippen molar-refractivity contribution in [2.24, 2.45) is 0 Å². The number of benzene rings is 1. The first-order valence-electron chi connectivity index (χ1n) is 9.25. The minimum Gasteiger partial charge on any atom is -0.361 e. The maximum atomic E-state index is 13.5. The van der Waals surface area contributed by atoms with Gasteiger partial charge in [0.25, 0.3) is 11.5 Å². The normalized spacial score (nSPS) is 11.0. The summed E-state index contributed by atoms with van der Waals surface area (Å²) >= 11 is 0. The molecule has 1 aromatic carbocycles. The Bertz CT molecular complexity index is 1160. The van der Waals surface area contributed by atoms with Crippen molar-refractivity contribution in [2.75, 3.05) is 0 Å². The molecule has 1 amide bonds. The predicted octanol–water partition coefficient (Wildman–Crippen LogP) is 3.70. The van der Waals surface area contributed by atoms with Gasteiger partial charge in [0.15, 0.2) is 0 Å². The number of nitriles is 1. The maximum absolute atomic E-state index is 13.5. The van der Waals surface area contributed by atoms with Gasteiger partial charge in [0.05, 0.1) is 23.7 Å². The average Bonchev–Trinajstić information content (AvgIpc) is 3.00. The van der Waals surface area contributed by atoms with Crippen LogP contribution >= 0.6 is 0 Å². The lowest BCUT2D eigenvalue weighted by atomic mass is 10.0. The van der Waals surface area contributed by atoms with Gasteiger partial charge in [-0.25, -0.2) is 0 Å². The van der Waals surface area contributed by atoms with Crippen molar-refractivity contribution >= 4 is 16.8 Å². The van der Waals surface area contributed by atoms with Gasteiger partial charge in [0.1, 0.15) is 0 Å². The Hall–Kier alpha value is -3.33. The molecule has 0 fully saturated rings. The molecule has 6 nitrogen and oxygen atoms in total. The van der Waals surface area contributed by atoms with E-state index < -0.39 is 0 Å². The lowest BCUT2D eigenvalue weighted by Gasteiger charge is -2.28. The summed E-state index contributed by atoms with van der Waals surface area (Å²) in [7, 11) is 0. The van der Waals surface area contributed by atoms with Crippen LogP contribution < -0.4 is 5.56 Å². The summed E-state index contributed by atoms with van der Waals surface area (Å²) in [5, 5.41) is 10.2. The molecule has 3 aromatic rings. The minimum absolute atomic E-state index is 0.118. The van der Waals surface area contributed by atoms with Crippen LogP contribution in [0, 0.1) is 32.1 Å². The lowest BCUT2D eigenvalue weighted by Crippen LogP contribution is -2.38. The minimum atomic E-state index is -0.195. The van der Waals surface area contributed by atoms with Crippen LogP contribution in [0.15, 0.2) is 29.2 Å². The number of H-pyrrole nitrogens is 2. The van der Waals surface area contributed by atoms with Crippen LogP contribution in [-0.2, 0) is 6.54 Å². The van der Waals surface area contributed by atoms with E-state index in [0.29, 0.717) is 16.7 Å². The number of rotatable bonds is 4. The van der Waals surface area contributed by atoms with E-state index in [9.17, 15) is 14.9 Å². The van der Waals surface area contributed by atoms with Crippen molar-refractivity contribution < 1.29 is 4.79 Å². The first-order valence-corrected chi connectivity index (χ1v) is 9.25. The number of aryl methyl sites for hydroxylation is 3. The molecule has 0 saturated carbocycles. The Balaban J connectivity index is 2.11. The molecule has 2 N–H and O–H groups in total. The standard InChI is InChI=1S/C22H24N4O2/c1-12(2)26(11-18-13(3)6-15(5)25-21(18)27)22(28)17-7-16(9-23)8-19-20(17)14(4)10-24-19/h6-8,10,12,24H,11H2,1-5H3,(H,25,27). The first kappa shape index (κ1) is 19.4. The summed E-state index contributed by atoms with van der Waals surface area (Å²) < 4.78 is 0. The molecule has 0 atom stereocenters. The molecule has 2 heterocycles. The fraction of sp³-hybridized carbons (Fsp3) is 0.318. The molecule has 0 spiro atoms. The van der Waals surface area contributed by atoms with E-state index in [2.05, 4.69) is 16.0 Å². The molecule has 0 bridgehead atoms. The molecule has 3 rings (SSSR count).